The van der Waals surface area contributed by atoms with E-state index in [1.807, 2.05) is 11.3 Å². The SMILES string of the molecule is Cc1cc[n+]2cc(-c3ccc(Br)cc3)sc2c1.[O-][Cl+3]([O-])([O-])[O-]. The predicted octanol–water partition coefficient (Wildman–Crippen LogP) is -0.531. The van der Waals surface area contributed by atoms with Crippen LogP contribution in [0.2, 0.25) is 0 Å². The van der Waals surface area contributed by atoms with Crippen LogP contribution < -0.4 is 23.0 Å². The number of pyridine rings is 1. The van der Waals surface area contributed by atoms with Gasteiger partial charge in [-0.15, -0.1) is 10.2 Å². The molecule has 116 valence electrons. The molecule has 0 unspecified atom stereocenters. The molecule has 0 N–H and O–H groups in total. The standard InChI is InChI=1S/C14H11BrNS.ClHO4/c1-10-6-7-16-9-13(17-14(16)8-10)11-2-4-12(15)5-3-11;2-1(3,4)5/h2-9H,1H3;(H,2,3,4,5)/q+1;/p-1. The number of hydrogen-bond donors (Lipinski definition) is 0. The second kappa shape index (κ2) is 7.01. The Kier molecular flexibility index (Phi) is 5.51. The summed E-state index contributed by atoms with van der Waals surface area (Å²) in [6.45, 7) is 2.12. The van der Waals surface area contributed by atoms with Crippen LogP contribution in [0.3, 0.4) is 0 Å². The Morgan fingerprint density at radius 2 is 1.64 bits per heavy atom. The Morgan fingerprint density at radius 1 is 1.05 bits per heavy atom. The number of aromatic nitrogens is 1. The van der Waals surface area contributed by atoms with Crippen molar-refractivity contribution >= 4 is 32.1 Å². The van der Waals surface area contributed by atoms with Crippen LogP contribution in [0.4, 0.5) is 0 Å². The fraction of sp³-hybridized carbons (Fsp3) is 0.0714. The van der Waals surface area contributed by atoms with Crippen LogP contribution in [0.1, 0.15) is 5.56 Å². The molecule has 1 aromatic carbocycles. The largest absolute Gasteiger partial charge is 0.267 e. The highest BCUT2D eigenvalue weighted by Gasteiger charge is 2.11. The first kappa shape index (κ1) is 17.3. The van der Waals surface area contributed by atoms with Crippen molar-refractivity contribution in [2.24, 2.45) is 0 Å². The maximum Gasteiger partial charge on any atom is 0.267 e. The molecule has 0 fully saturated rings. The Hall–Kier alpha value is -1.06. The summed E-state index contributed by atoms with van der Waals surface area (Å²) in [4.78, 5) is 2.58. The second-order valence-corrected chi connectivity index (χ2v) is 7.16. The fourth-order valence-corrected chi connectivity index (χ4v) is 3.16. The van der Waals surface area contributed by atoms with Crippen molar-refractivity contribution in [3.05, 3.63) is 58.8 Å². The molecule has 3 aromatic rings. The van der Waals surface area contributed by atoms with Crippen LogP contribution in [-0.4, -0.2) is 0 Å². The van der Waals surface area contributed by atoms with E-state index in [9.17, 15) is 0 Å². The molecule has 2 aromatic heterocycles. The predicted molar refractivity (Wildman–Crippen MR) is 75.4 cm³/mol. The van der Waals surface area contributed by atoms with Crippen molar-refractivity contribution in [2.45, 2.75) is 6.92 Å². The summed E-state index contributed by atoms with van der Waals surface area (Å²) in [5, 5.41) is 0. The number of halogens is 2. The zero-order chi connectivity index (χ0) is 16.3. The highest BCUT2D eigenvalue weighted by atomic mass is 79.9. The van der Waals surface area contributed by atoms with Crippen LogP contribution in [0, 0.1) is 17.2 Å². The minimum Gasteiger partial charge on any atom is -0.222 e. The van der Waals surface area contributed by atoms with Crippen molar-refractivity contribution in [3.8, 4) is 10.4 Å². The summed E-state index contributed by atoms with van der Waals surface area (Å²) in [7, 11) is -4.94. The van der Waals surface area contributed by atoms with Crippen molar-refractivity contribution in [1.82, 2.24) is 0 Å². The number of fused-ring (bicyclic) bond motifs is 1. The van der Waals surface area contributed by atoms with Crippen LogP contribution in [-0.2, 0) is 0 Å². The summed E-state index contributed by atoms with van der Waals surface area (Å²) >= 11 is 5.28. The van der Waals surface area contributed by atoms with Crippen molar-refractivity contribution in [1.29, 1.82) is 0 Å². The van der Waals surface area contributed by atoms with Gasteiger partial charge in [0.15, 0.2) is 12.4 Å². The van der Waals surface area contributed by atoms with Gasteiger partial charge in [-0.25, -0.2) is 18.6 Å². The lowest BCUT2D eigenvalue weighted by atomic mass is 10.2. The Morgan fingerprint density at radius 3 is 2.23 bits per heavy atom. The van der Waals surface area contributed by atoms with E-state index in [1.165, 1.54) is 20.8 Å². The number of benzene rings is 1. The minimum atomic E-state index is -4.94. The van der Waals surface area contributed by atoms with E-state index >= 15 is 0 Å². The maximum absolute atomic E-state index is 8.49. The Labute approximate surface area is 141 Å². The van der Waals surface area contributed by atoms with E-state index in [-0.39, 0.29) is 0 Å². The van der Waals surface area contributed by atoms with Gasteiger partial charge in [0.05, 0.1) is 0 Å². The smallest absolute Gasteiger partial charge is 0.222 e. The first-order chi connectivity index (χ1) is 10.2. The molecule has 0 radical (unpaired) electrons. The minimum absolute atomic E-state index is 1.12. The van der Waals surface area contributed by atoms with Gasteiger partial charge in [-0.2, -0.15) is 4.40 Å². The van der Waals surface area contributed by atoms with E-state index < -0.39 is 10.2 Å². The fourth-order valence-electron chi connectivity index (χ4n) is 1.79. The summed E-state index contributed by atoms with van der Waals surface area (Å²) in [6.07, 6.45) is 4.30. The molecule has 0 atom stereocenters. The molecule has 2 heterocycles. The van der Waals surface area contributed by atoms with Gasteiger partial charge in [0.1, 0.15) is 4.88 Å². The van der Waals surface area contributed by atoms with Gasteiger partial charge < -0.3 is 0 Å². The highest BCUT2D eigenvalue weighted by molar-refractivity contribution is 9.10. The molecule has 0 amide bonds. The lowest BCUT2D eigenvalue weighted by Gasteiger charge is -2.17. The topological polar surface area (TPSA) is 96.3 Å². The van der Waals surface area contributed by atoms with Gasteiger partial charge in [0.25, 0.3) is 4.83 Å². The number of rotatable bonds is 1. The lowest BCUT2D eigenvalue weighted by Crippen LogP contribution is -2.68. The van der Waals surface area contributed by atoms with Crippen molar-refractivity contribution < 1.29 is 33.3 Å². The summed E-state index contributed by atoms with van der Waals surface area (Å²) in [5.41, 5.74) is 2.56. The maximum atomic E-state index is 8.49. The Bertz CT molecular complexity index is 765. The van der Waals surface area contributed by atoms with Gasteiger partial charge >= 0.3 is 0 Å². The molecular weight excluding hydrogens is 394 g/mol. The van der Waals surface area contributed by atoms with Crippen molar-refractivity contribution in [2.75, 3.05) is 0 Å². The number of hydrogen-bond acceptors (Lipinski definition) is 5. The molecule has 3 rings (SSSR count). The molecule has 0 bridgehead atoms. The van der Waals surface area contributed by atoms with Gasteiger partial charge in [-0.05, 0) is 30.2 Å². The molecule has 0 saturated carbocycles. The van der Waals surface area contributed by atoms with E-state index in [1.54, 1.807) is 0 Å². The first-order valence-corrected chi connectivity index (χ1v) is 8.86. The molecule has 8 heteroatoms. The molecule has 0 aliphatic heterocycles. The molecule has 0 saturated heterocycles. The molecule has 0 spiro atoms. The number of thiazole rings is 1. The highest BCUT2D eigenvalue weighted by Crippen LogP contribution is 2.27. The Balaban J connectivity index is 0.000000309. The monoisotopic (exact) mass is 403 g/mol. The second-order valence-electron chi connectivity index (χ2n) is 4.43. The van der Waals surface area contributed by atoms with E-state index in [2.05, 4.69) is 76.0 Å². The summed E-state index contributed by atoms with van der Waals surface area (Å²) in [5.74, 6) is 0. The molecule has 22 heavy (non-hydrogen) atoms. The van der Waals surface area contributed by atoms with E-state index in [0.717, 1.165) is 4.47 Å². The number of aryl methyl sites for hydroxylation is 1. The van der Waals surface area contributed by atoms with Gasteiger partial charge in [0, 0.05) is 16.6 Å². The van der Waals surface area contributed by atoms with Crippen molar-refractivity contribution in [3.63, 3.8) is 0 Å². The first-order valence-electron chi connectivity index (χ1n) is 6.01. The van der Waals surface area contributed by atoms with Crippen LogP contribution in [0.15, 0.2) is 53.3 Å². The molecule has 0 aliphatic rings. The van der Waals surface area contributed by atoms with Crippen LogP contribution in [0.25, 0.3) is 15.3 Å². The van der Waals surface area contributed by atoms with Gasteiger partial charge in [-0.3, -0.25) is 0 Å². The third-order valence-electron chi connectivity index (χ3n) is 2.70. The average Bonchev–Trinajstić information content (AvgIpc) is 2.80. The summed E-state index contributed by atoms with van der Waals surface area (Å²) in [6, 6.07) is 12.8. The normalized spacial score (nSPS) is 11.2. The zero-order valence-electron chi connectivity index (χ0n) is 11.4. The number of nitrogens with zero attached hydrogens (tertiary/aromatic N) is 1. The van der Waals surface area contributed by atoms with E-state index in [4.69, 9.17) is 18.6 Å². The molecular formula is C14H11BrClNO4S. The van der Waals surface area contributed by atoms with Gasteiger partial charge in [-0.1, -0.05) is 39.4 Å². The lowest BCUT2D eigenvalue weighted by molar-refractivity contribution is -2.00. The van der Waals surface area contributed by atoms with Crippen LogP contribution >= 0.6 is 27.3 Å². The molecule has 0 aliphatic carbocycles. The summed E-state index contributed by atoms with van der Waals surface area (Å²) < 4.78 is 37.3. The van der Waals surface area contributed by atoms with Gasteiger partial charge in [0.2, 0.25) is 0 Å². The molecule has 5 nitrogen and oxygen atoms in total. The van der Waals surface area contributed by atoms with E-state index in [0.29, 0.717) is 0 Å². The zero-order valence-corrected chi connectivity index (χ0v) is 14.5. The third kappa shape index (κ3) is 5.29. The quantitative estimate of drug-likeness (QED) is 0.509. The average molecular weight is 405 g/mol. The third-order valence-corrected chi connectivity index (χ3v) is 4.33. The van der Waals surface area contributed by atoms with Crippen LogP contribution in [0.5, 0.6) is 0 Å².